The Morgan fingerprint density at radius 2 is 1.16 bits per heavy atom. The zero-order chi connectivity index (χ0) is 24.3. The maximum atomic E-state index is 4.75. The second kappa shape index (κ2) is 7.88. The van der Waals surface area contributed by atoms with Gasteiger partial charge in [0, 0.05) is 33.4 Å². The molecule has 0 bridgehead atoms. The van der Waals surface area contributed by atoms with Crippen LogP contribution in [0.4, 0.5) is 0 Å². The van der Waals surface area contributed by atoms with Gasteiger partial charge < -0.3 is 4.57 Å². The van der Waals surface area contributed by atoms with Gasteiger partial charge in [0.25, 0.3) is 0 Å². The highest BCUT2D eigenvalue weighted by Gasteiger charge is 2.19. The minimum Gasteiger partial charge on any atom is -0.309 e. The molecule has 0 unspecified atom stereocenters. The summed E-state index contributed by atoms with van der Waals surface area (Å²) in [6.45, 7) is 0. The number of nitrogens with zero attached hydrogens (tertiary/aromatic N) is 4. The Hall–Kier alpha value is -4.74. The van der Waals surface area contributed by atoms with Gasteiger partial charge in [0.05, 0.1) is 34.0 Å². The fourth-order valence-corrected chi connectivity index (χ4v) is 6.42. The number of thiazole rings is 1. The summed E-state index contributed by atoms with van der Waals surface area (Å²) >= 11 is 1.67. The van der Waals surface area contributed by atoms with E-state index < -0.39 is 0 Å². The van der Waals surface area contributed by atoms with E-state index in [1.165, 1.54) is 43.6 Å². The van der Waals surface area contributed by atoms with E-state index in [0.717, 1.165) is 21.4 Å². The Bertz CT molecular complexity index is 2080. The van der Waals surface area contributed by atoms with E-state index in [1.54, 1.807) is 11.3 Å². The van der Waals surface area contributed by atoms with Crippen LogP contribution in [-0.4, -0.2) is 19.1 Å². The Balaban J connectivity index is 1.49. The molecule has 4 nitrogen and oxygen atoms in total. The van der Waals surface area contributed by atoms with Crippen LogP contribution in [0.5, 0.6) is 0 Å². The number of rotatable bonds is 3. The highest BCUT2D eigenvalue weighted by Crippen LogP contribution is 2.40. The van der Waals surface area contributed by atoms with E-state index >= 15 is 0 Å². The molecular formula is C32H20N4S. The van der Waals surface area contributed by atoms with Crippen LogP contribution in [0.3, 0.4) is 0 Å². The van der Waals surface area contributed by atoms with E-state index in [4.69, 9.17) is 4.98 Å². The van der Waals surface area contributed by atoms with E-state index in [1.807, 2.05) is 30.6 Å². The summed E-state index contributed by atoms with van der Waals surface area (Å²) in [5, 5.41) is 6.99. The average Bonchev–Trinajstić information content (AvgIpc) is 3.65. The van der Waals surface area contributed by atoms with Gasteiger partial charge in [-0.05, 0) is 48.5 Å². The van der Waals surface area contributed by atoms with Crippen molar-refractivity contribution < 1.29 is 0 Å². The van der Waals surface area contributed by atoms with Crippen LogP contribution in [0.25, 0.3) is 65.0 Å². The van der Waals surface area contributed by atoms with Gasteiger partial charge in [-0.2, -0.15) is 0 Å². The quantitative estimate of drug-likeness (QED) is 0.248. The molecule has 0 radical (unpaired) electrons. The maximum Gasteiger partial charge on any atom is 0.143 e. The second-order valence-corrected chi connectivity index (χ2v) is 10.2. The molecule has 37 heavy (non-hydrogen) atoms. The number of hydrogen-bond donors (Lipinski definition) is 0. The minimum atomic E-state index is 0.895. The third kappa shape index (κ3) is 3.01. The fourth-order valence-electron chi connectivity index (χ4n) is 5.50. The zero-order valence-electron chi connectivity index (χ0n) is 19.7. The molecule has 4 heterocycles. The molecule has 0 aliphatic rings. The summed E-state index contributed by atoms with van der Waals surface area (Å²) in [5.41, 5.74) is 6.81. The van der Waals surface area contributed by atoms with Gasteiger partial charge >= 0.3 is 0 Å². The molecule has 5 heteroatoms. The number of benzene rings is 4. The first-order valence-electron chi connectivity index (χ1n) is 12.3. The number of aromatic nitrogens is 4. The molecule has 0 saturated heterocycles. The molecule has 174 valence electrons. The molecule has 8 rings (SSSR count). The Labute approximate surface area is 216 Å². The molecule has 4 aromatic heterocycles. The summed E-state index contributed by atoms with van der Waals surface area (Å²) in [7, 11) is 0. The van der Waals surface area contributed by atoms with E-state index in [9.17, 15) is 0 Å². The maximum absolute atomic E-state index is 4.75. The largest absolute Gasteiger partial charge is 0.309 e. The predicted octanol–water partition coefficient (Wildman–Crippen LogP) is 8.40. The molecule has 0 amide bonds. The topological polar surface area (TPSA) is 35.6 Å². The SMILES string of the molecule is c1ccc(-n2c3ccccc3c3cc4c5ccccc5n(-c5cnc(-c6ccccn6)s5)c4cc32)cc1. The molecule has 0 aliphatic carbocycles. The molecule has 0 fully saturated rings. The third-order valence-corrected chi connectivity index (χ3v) is 8.08. The summed E-state index contributed by atoms with van der Waals surface area (Å²) in [4.78, 5) is 9.26. The van der Waals surface area contributed by atoms with Crippen molar-refractivity contribution >= 4 is 54.9 Å². The van der Waals surface area contributed by atoms with Crippen molar-refractivity contribution in [1.29, 1.82) is 0 Å². The lowest BCUT2D eigenvalue weighted by atomic mass is 10.1. The average molecular weight is 493 g/mol. The third-order valence-electron chi connectivity index (χ3n) is 7.08. The van der Waals surface area contributed by atoms with Crippen LogP contribution in [0.1, 0.15) is 0 Å². The van der Waals surface area contributed by atoms with Gasteiger partial charge in [-0.3, -0.25) is 9.55 Å². The molecule has 0 spiro atoms. The van der Waals surface area contributed by atoms with Gasteiger partial charge in [-0.1, -0.05) is 72.0 Å². The highest BCUT2D eigenvalue weighted by molar-refractivity contribution is 7.17. The van der Waals surface area contributed by atoms with Gasteiger partial charge in [-0.25, -0.2) is 4.98 Å². The van der Waals surface area contributed by atoms with Crippen LogP contribution in [0.15, 0.2) is 122 Å². The smallest absolute Gasteiger partial charge is 0.143 e. The molecule has 0 atom stereocenters. The van der Waals surface area contributed by atoms with Crippen molar-refractivity contribution in [1.82, 2.24) is 19.1 Å². The molecule has 0 saturated carbocycles. The van der Waals surface area contributed by atoms with Crippen molar-refractivity contribution in [3.8, 4) is 21.4 Å². The number of fused-ring (bicyclic) bond motifs is 6. The molecule has 4 aromatic carbocycles. The lowest BCUT2D eigenvalue weighted by Crippen LogP contribution is -1.94. The summed E-state index contributed by atoms with van der Waals surface area (Å²) in [6, 6.07) is 38.6. The lowest BCUT2D eigenvalue weighted by molar-refractivity contribution is 1.17. The molecular weight excluding hydrogens is 472 g/mol. The molecule has 8 aromatic rings. The summed E-state index contributed by atoms with van der Waals surface area (Å²) in [5.74, 6) is 0. The molecule has 0 N–H and O–H groups in total. The number of para-hydroxylation sites is 3. The Kier molecular flexibility index (Phi) is 4.36. The van der Waals surface area contributed by atoms with E-state index in [0.29, 0.717) is 0 Å². The molecule has 0 aliphatic heterocycles. The van der Waals surface area contributed by atoms with Crippen LogP contribution in [0.2, 0.25) is 0 Å². The van der Waals surface area contributed by atoms with E-state index in [2.05, 4.69) is 105 Å². The van der Waals surface area contributed by atoms with Crippen molar-refractivity contribution in [3.05, 3.63) is 122 Å². The van der Waals surface area contributed by atoms with Crippen LogP contribution in [-0.2, 0) is 0 Å². The van der Waals surface area contributed by atoms with Gasteiger partial charge in [-0.15, -0.1) is 0 Å². The minimum absolute atomic E-state index is 0.895. The first-order valence-corrected chi connectivity index (χ1v) is 13.1. The second-order valence-electron chi connectivity index (χ2n) is 9.15. The number of pyridine rings is 1. The van der Waals surface area contributed by atoms with Gasteiger partial charge in [0.15, 0.2) is 0 Å². The number of hydrogen-bond acceptors (Lipinski definition) is 3. The van der Waals surface area contributed by atoms with Gasteiger partial charge in [0.2, 0.25) is 0 Å². The van der Waals surface area contributed by atoms with Crippen molar-refractivity contribution in [2.75, 3.05) is 0 Å². The summed E-state index contributed by atoms with van der Waals surface area (Å²) < 4.78 is 4.72. The Morgan fingerprint density at radius 3 is 1.89 bits per heavy atom. The van der Waals surface area contributed by atoms with Crippen molar-refractivity contribution in [2.24, 2.45) is 0 Å². The standard InChI is InChI=1S/C32H20N4S/c1-2-10-21(11-3-1)35-27-15-6-4-12-22(27)24-18-25-23-13-5-7-16-28(23)36(30(25)19-29(24)35)31-20-34-32(37-31)26-14-8-9-17-33-26/h1-20H. The summed E-state index contributed by atoms with van der Waals surface area (Å²) in [6.07, 6.45) is 3.79. The monoisotopic (exact) mass is 492 g/mol. The highest BCUT2D eigenvalue weighted by atomic mass is 32.1. The predicted molar refractivity (Wildman–Crippen MR) is 154 cm³/mol. The first-order chi connectivity index (χ1) is 18.4. The van der Waals surface area contributed by atoms with Gasteiger partial charge in [0.1, 0.15) is 10.0 Å². The van der Waals surface area contributed by atoms with E-state index in [-0.39, 0.29) is 0 Å². The van der Waals surface area contributed by atoms with Crippen molar-refractivity contribution in [3.63, 3.8) is 0 Å². The van der Waals surface area contributed by atoms with Crippen LogP contribution < -0.4 is 0 Å². The normalized spacial score (nSPS) is 11.8. The van der Waals surface area contributed by atoms with Crippen LogP contribution in [0, 0.1) is 0 Å². The van der Waals surface area contributed by atoms with Crippen LogP contribution >= 0.6 is 11.3 Å². The first kappa shape index (κ1) is 20.5. The zero-order valence-corrected chi connectivity index (χ0v) is 20.6. The fraction of sp³-hybridized carbons (Fsp3) is 0. The Morgan fingerprint density at radius 1 is 0.514 bits per heavy atom. The van der Waals surface area contributed by atoms with Crippen molar-refractivity contribution in [2.45, 2.75) is 0 Å². The lowest BCUT2D eigenvalue weighted by Gasteiger charge is -2.08.